The van der Waals surface area contributed by atoms with Gasteiger partial charge in [-0.15, -0.1) is 0 Å². The maximum Gasteiger partial charge on any atom is 0.352 e. The van der Waals surface area contributed by atoms with Crippen molar-refractivity contribution < 1.29 is 14.6 Å². The number of allylic oxidation sites excluding steroid dienone is 1. The molecule has 6 heteroatoms. The van der Waals surface area contributed by atoms with Crippen LogP contribution in [0, 0.1) is 0 Å². The Morgan fingerprint density at radius 3 is 2.71 bits per heavy atom. The van der Waals surface area contributed by atoms with Crippen LogP contribution in [0.4, 0.5) is 0 Å². The zero-order valence-corrected chi connectivity index (χ0v) is 11.3. The van der Waals surface area contributed by atoms with Gasteiger partial charge in [0.2, 0.25) is 5.43 Å². The van der Waals surface area contributed by atoms with E-state index in [0.29, 0.717) is 0 Å². The van der Waals surface area contributed by atoms with Crippen molar-refractivity contribution in [2.24, 2.45) is 0 Å². The number of aromatic amines is 1. The molecule has 2 rings (SSSR count). The Hall–Kier alpha value is -2.89. The first-order valence-electron chi connectivity index (χ1n) is 6.21. The second kappa shape index (κ2) is 6.04. The fourth-order valence-corrected chi connectivity index (χ4v) is 1.78. The van der Waals surface area contributed by atoms with Crippen LogP contribution in [0.5, 0.6) is 5.75 Å². The maximum atomic E-state index is 12.0. The van der Waals surface area contributed by atoms with Crippen LogP contribution in [0.15, 0.2) is 46.0 Å². The van der Waals surface area contributed by atoms with Gasteiger partial charge in [-0.1, -0.05) is 12.2 Å². The molecule has 6 nitrogen and oxygen atoms in total. The van der Waals surface area contributed by atoms with Gasteiger partial charge in [0.25, 0.3) is 0 Å². The maximum absolute atomic E-state index is 12.0. The summed E-state index contributed by atoms with van der Waals surface area (Å²) in [6.07, 6.45) is 3.50. The number of rotatable bonds is 4. The molecule has 0 amide bonds. The molecule has 108 valence electrons. The molecule has 1 heterocycles. The van der Waals surface area contributed by atoms with E-state index in [1.165, 1.54) is 18.2 Å². The second-order valence-electron chi connectivity index (χ2n) is 4.27. The summed E-state index contributed by atoms with van der Waals surface area (Å²) in [5.41, 5.74) is -0.853. The quantitative estimate of drug-likeness (QED) is 0.831. The van der Waals surface area contributed by atoms with Gasteiger partial charge >= 0.3 is 5.97 Å². The molecule has 0 spiro atoms. The summed E-state index contributed by atoms with van der Waals surface area (Å²) >= 11 is 0. The number of carbonyl (C=O) groups is 1. The number of pyridine rings is 1. The van der Waals surface area contributed by atoms with E-state index in [9.17, 15) is 14.4 Å². The summed E-state index contributed by atoms with van der Waals surface area (Å²) in [6, 6.07) is 4.90. The van der Waals surface area contributed by atoms with Gasteiger partial charge in [0.1, 0.15) is 12.3 Å². The van der Waals surface area contributed by atoms with E-state index in [0.717, 1.165) is 6.07 Å². The predicted octanol–water partition coefficient (Wildman–Crippen LogP) is 1.54. The Balaban J connectivity index is 2.66. The largest absolute Gasteiger partial charge is 0.485 e. The Morgan fingerprint density at radius 2 is 2.05 bits per heavy atom. The molecule has 0 aliphatic carbocycles. The molecular weight excluding hydrogens is 274 g/mol. The average Bonchev–Trinajstić information content (AvgIpc) is 2.60. The van der Waals surface area contributed by atoms with E-state index in [1.807, 2.05) is 6.92 Å². The van der Waals surface area contributed by atoms with Gasteiger partial charge in [0, 0.05) is 11.5 Å². The van der Waals surface area contributed by atoms with E-state index in [1.54, 1.807) is 12.2 Å². The molecule has 2 aromatic rings. The van der Waals surface area contributed by atoms with E-state index < -0.39 is 11.4 Å². The summed E-state index contributed by atoms with van der Waals surface area (Å²) in [5.74, 6) is -1.20. The molecule has 0 saturated carbocycles. The number of nitrogens with one attached hydrogen (secondary N) is 1. The summed E-state index contributed by atoms with van der Waals surface area (Å²) in [4.78, 5) is 37.4. The topological polar surface area (TPSA) is 96.5 Å². The molecule has 1 aromatic heterocycles. The smallest absolute Gasteiger partial charge is 0.352 e. The summed E-state index contributed by atoms with van der Waals surface area (Å²) in [5, 5.41) is 9.11. The number of carboxylic acids is 1. The molecule has 0 unspecified atom stereocenters. The van der Waals surface area contributed by atoms with E-state index in [4.69, 9.17) is 9.84 Å². The second-order valence-corrected chi connectivity index (χ2v) is 4.27. The first-order chi connectivity index (χ1) is 10.0. The zero-order chi connectivity index (χ0) is 15.4. The lowest BCUT2D eigenvalue weighted by molar-refractivity contribution is 0.0691. The highest BCUT2D eigenvalue weighted by molar-refractivity contribution is 5.89. The molecule has 21 heavy (non-hydrogen) atoms. The number of fused-ring (bicyclic) bond motifs is 1. The average molecular weight is 287 g/mol. The highest BCUT2D eigenvalue weighted by Crippen LogP contribution is 2.11. The van der Waals surface area contributed by atoms with Gasteiger partial charge < -0.3 is 14.8 Å². The summed E-state index contributed by atoms with van der Waals surface area (Å²) in [7, 11) is 0. The minimum Gasteiger partial charge on any atom is -0.485 e. The molecular formula is C15H13NO5. The molecule has 0 radical (unpaired) electrons. The molecule has 0 aliphatic rings. The first kappa shape index (κ1) is 14.5. The van der Waals surface area contributed by atoms with Crippen molar-refractivity contribution in [3.05, 3.63) is 62.6 Å². The van der Waals surface area contributed by atoms with Crippen LogP contribution in [0.1, 0.15) is 17.4 Å². The molecule has 0 atom stereocenters. The Morgan fingerprint density at radius 1 is 1.29 bits per heavy atom. The van der Waals surface area contributed by atoms with Gasteiger partial charge in [0.15, 0.2) is 11.2 Å². The summed E-state index contributed by atoms with van der Waals surface area (Å²) in [6.45, 7) is 2.03. The van der Waals surface area contributed by atoms with Crippen LogP contribution in [-0.4, -0.2) is 22.7 Å². The number of hydrogen-bond acceptors (Lipinski definition) is 4. The predicted molar refractivity (Wildman–Crippen MR) is 78.1 cm³/mol. The molecule has 0 aliphatic heterocycles. The van der Waals surface area contributed by atoms with Gasteiger partial charge in [-0.2, -0.15) is 0 Å². The van der Waals surface area contributed by atoms with Gasteiger partial charge in [-0.05, 0) is 25.1 Å². The lowest BCUT2D eigenvalue weighted by Crippen LogP contribution is -2.09. The minimum atomic E-state index is -1.24. The molecule has 2 N–H and O–H groups in total. The van der Waals surface area contributed by atoms with Crippen LogP contribution >= 0.6 is 0 Å². The SMILES string of the molecule is C/C=C/COc1cc2c(=O)cc(C(=O)O)[nH]c2ccc1=O. The van der Waals surface area contributed by atoms with Crippen LogP contribution in [-0.2, 0) is 0 Å². The third-order valence-electron chi connectivity index (χ3n) is 2.82. The van der Waals surface area contributed by atoms with Crippen molar-refractivity contribution in [2.45, 2.75) is 6.92 Å². The third kappa shape index (κ3) is 3.17. The van der Waals surface area contributed by atoms with Crippen LogP contribution in [0.2, 0.25) is 0 Å². The van der Waals surface area contributed by atoms with Crippen molar-refractivity contribution in [3.8, 4) is 5.75 Å². The van der Waals surface area contributed by atoms with Crippen molar-refractivity contribution in [3.63, 3.8) is 0 Å². The first-order valence-corrected chi connectivity index (χ1v) is 6.21. The molecule has 1 aromatic carbocycles. The molecule has 0 saturated heterocycles. The Bertz CT molecular complexity index is 835. The normalized spacial score (nSPS) is 10.9. The summed E-state index contributed by atoms with van der Waals surface area (Å²) < 4.78 is 5.31. The van der Waals surface area contributed by atoms with Crippen molar-refractivity contribution in [2.75, 3.05) is 6.61 Å². The van der Waals surface area contributed by atoms with Gasteiger partial charge in [0.05, 0.1) is 5.52 Å². The fraction of sp³-hybridized carbons (Fsp3) is 0.133. The zero-order valence-electron chi connectivity index (χ0n) is 11.3. The highest BCUT2D eigenvalue weighted by atomic mass is 16.5. The van der Waals surface area contributed by atoms with Gasteiger partial charge in [-0.25, -0.2) is 4.79 Å². The fourth-order valence-electron chi connectivity index (χ4n) is 1.78. The Labute approximate surface area is 119 Å². The Kier molecular flexibility index (Phi) is 4.18. The van der Waals surface area contributed by atoms with E-state index >= 15 is 0 Å². The van der Waals surface area contributed by atoms with Crippen LogP contribution in [0.25, 0.3) is 10.9 Å². The lowest BCUT2D eigenvalue weighted by Gasteiger charge is -2.00. The number of ether oxygens (including phenoxy) is 1. The van der Waals surface area contributed by atoms with Crippen molar-refractivity contribution in [1.29, 1.82) is 0 Å². The highest BCUT2D eigenvalue weighted by Gasteiger charge is 2.09. The van der Waals surface area contributed by atoms with E-state index in [-0.39, 0.29) is 34.4 Å². The number of aromatic carboxylic acids is 1. The standard InChI is InChI=1S/C15H13NO5/c1-2-3-6-21-14-7-9-10(4-5-12(14)17)16-11(15(19)20)8-13(9)18/h2-5,7-8H,6H2,1H3,(H,16,18)(H,19,20)/b3-2+. The van der Waals surface area contributed by atoms with E-state index in [2.05, 4.69) is 4.98 Å². The number of H-pyrrole nitrogens is 1. The minimum absolute atomic E-state index is 0.0386. The van der Waals surface area contributed by atoms with Crippen molar-refractivity contribution >= 4 is 16.9 Å². The molecule has 0 fully saturated rings. The third-order valence-corrected chi connectivity index (χ3v) is 2.82. The number of aromatic nitrogens is 1. The monoisotopic (exact) mass is 287 g/mol. The number of hydrogen-bond donors (Lipinski definition) is 2. The molecule has 0 bridgehead atoms. The van der Waals surface area contributed by atoms with Crippen LogP contribution in [0.3, 0.4) is 0 Å². The van der Waals surface area contributed by atoms with Crippen molar-refractivity contribution in [1.82, 2.24) is 4.98 Å². The number of carboxylic acid groups (broad SMARTS) is 1. The van der Waals surface area contributed by atoms with Gasteiger partial charge in [-0.3, -0.25) is 9.59 Å². The van der Waals surface area contributed by atoms with Crippen LogP contribution < -0.4 is 15.6 Å². The lowest BCUT2D eigenvalue weighted by atomic mass is 10.2.